The molecule has 1 fully saturated rings. The van der Waals surface area contributed by atoms with Crippen LogP contribution in [0.4, 0.5) is 5.69 Å². The number of fused-ring (bicyclic) bond motifs is 2. The molecule has 0 saturated carbocycles. The van der Waals surface area contributed by atoms with Crippen LogP contribution in [0, 0.1) is 6.92 Å². The molecule has 162 valence electrons. The number of aryl methyl sites for hydroxylation is 1. The van der Waals surface area contributed by atoms with Gasteiger partial charge in [0.05, 0.1) is 13.2 Å². The Labute approximate surface area is 185 Å². The first-order valence-corrected chi connectivity index (χ1v) is 10.5. The fourth-order valence-electron chi connectivity index (χ4n) is 5.08. The van der Waals surface area contributed by atoms with Gasteiger partial charge in [-0.05, 0) is 54.8 Å². The number of aromatic nitrogens is 1. The number of benzene rings is 2. The number of aromatic amines is 1. The minimum absolute atomic E-state index is 0.0623. The van der Waals surface area contributed by atoms with Crippen LogP contribution in [0.2, 0.25) is 0 Å². The average molecular weight is 429 g/mol. The summed E-state index contributed by atoms with van der Waals surface area (Å²) in [5.74, 6) is 0.101. The second kappa shape index (κ2) is 7.37. The summed E-state index contributed by atoms with van der Waals surface area (Å²) in [5.41, 5.74) is 1.77. The number of carbonyl (C=O) groups excluding carboxylic acids is 2. The van der Waals surface area contributed by atoms with E-state index in [1.807, 2.05) is 48.5 Å². The van der Waals surface area contributed by atoms with Crippen molar-refractivity contribution >= 4 is 17.5 Å². The van der Waals surface area contributed by atoms with Crippen molar-refractivity contribution < 1.29 is 14.3 Å². The number of nitrogens with zero attached hydrogens (tertiary/aromatic N) is 1. The van der Waals surface area contributed by atoms with E-state index in [2.05, 4.69) is 10.3 Å². The van der Waals surface area contributed by atoms with Gasteiger partial charge in [0.1, 0.15) is 16.7 Å². The van der Waals surface area contributed by atoms with Gasteiger partial charge in [-0.3, -0.25) is 14.4 Å². The molecule has 0 unspecified atom stereocenters. The molecule has 32 heavy (non-hydrogen) atoms. The Kier molecular flexibility index (Phi) is 4.62. The molecule has 5 rings (SSSR count). The van der Waals surface area contributed by atoms with Crippen LogP contribution in [0.15, 0.2) is 65.5 Å². The van der Waals surface area contributed by atoms with Crippen LogP contribution in [0.3, 0.4) is 0 Å². The second-order valence-corrected chi connectivity index (χ2v) is 8.28. The topological polar surface area (TPSA) is 91.5 Å². The molecule has 1 spiro atoms. The van der Waals surface area contributed by atoms with Crippen LogP contribution < -0.4 is 15.6 Å². The van der Waals surface area contributed by atoms with E-state index in [9.17, 15) is 14.4 Å². The minimum atomic E-state index is -0.948. The maximum atomic E-state index is 13.6. The van der Waals surface area contributed by atoms with Crippen molar-refractivity contribution in [1.29, 1.82) is 0 Å². The van der Waals surface area contributed by atoms with Crippen molar-refractivity contribution in [3.8, 4) is 5.75 Å². The third-order valence-corrected chi connectivity index (χ3v) is 6.54. The van der Waals surface area contributed by atoms with E-state index >= 15 is 0 Å². The molecule has 2 atom stereocenters. The van der Waals surface area contributed by atoms with Crippen LogP contribution in [0.5, 0.6) is 5.75 Å². The van der Waals surface area contributed by atoms with Crippen LogP contribution in [-0.2, 0) is 10.2 Å². The zero-order valence-electron chi connectivity index (χ0n) is 17.8. The molecular weight excluding hydrogens is 406 g/mol. The van der Waals surface area contributed by atoms with Gasteiger partial charge in [-0.2, -0.15) is 0 Å². The number of amides is 2. The molecule has 3 heterocycles. The van der Waals surface area contributed by atoms with Gasteiger partial charge >= 0.3 is 0 Å². The first kappa shape index (κ1) is 20.1. The normalized spacial score (nSPS) is 21.5. The summed E-state index contributed by atoms with van der Waals surface area (Å²) in [6.45, 7) is 2.11. The molecule has 0 radical (unpaired) electrons. The third kappa shape index (κ3) is 2.85. The number of carbonyl (C=O) groups is 2. The highest BCUT2D eigenvalue weighted by molar-refractivity contribution is 6.08. The zero-order chi connectivity index (χ0) is 22.5. The smallest absolute Gasteiger partial charge is 0.260 e. The molecule has 2 aromatic carbocycles. The quantitative estimate of drug-likeness (QED) is 0.669. The monoisotopic (exact) mass is 429 g/mol. The van der Waals surface area contributed by atoms with Crippen LogP contribution in [-0.4, -0.2) is 35.4 Å². The number of nitrogens with one attached hydrogen (secondary N) is 2. The van der Waals surface area contributed by atoms with Gasteiger partial charge in [-0.1, -0.05) is 30.3 Å². The summed E-state index contributed by atoms with van der Waals surface area (Å²) >= 11 is 0. The number of hydrogen-bond acceptors (Lipinski definition) is 4. The van der Waals surface area contributed by atoms with Gasteiger partial charge in [0.15, 0.2) is 0 Å². The molecule has 3 aromatic rings. The number of pyridine rings is 1. The molecule has 7 nitrogen and oxygen atoms in total. The van der Waals surface area contributed by atoms with E-state index in [4.69, 9.17) is 4.74 Å². The number of methoxy groups -OCH3 is 1. The highest BCUT2D eigenvalue weighted by atomic mass is 16.5. The van der Waals surface area contributed by atoms with Crippen molar-refractivity contribution in [2.24, 2.45) is 0 Å². The number of ether oxygens (including phenoxy) is 1. The molecule has 1 aromatic heterocycles. The summed E-state index contributed by atoms with van der Waals surface area (Å²) in [6, 6.07) is 17.7. The summed E-state index contributed by atoms with van der Waals surface area (Å²) in [5, 5.41) is 3.00. The lowest BCUT2D eigenvalue weighted by Crippen LogP contribution is -2.43. The lowest BCUT2D eigenvalue weighted by molar-refractivity contribution is -0.121. The predicted molar refractivity (Wildman–Crippen MR) is 120 cm³/mol. The summed E-state index contributed by atoms with van der Waals surface area (Å²) in [4.78, 5) is 44.0. The Balaban J connectivity index is 1.69. The van der Waals surface area contributed by atoms with E-state index in [1.54, 1.807) is 31.1 Å². The Bertz CT molecular complexity index is 1300. The SMILES string of the molecule is COc1cccc([C@@H]2N(C(=O)c3ccc(C)[nH]c3=O)CC[C@]23C(=O)Nc2ccccc23)c1. The first-order valence-electron chi connectivity index (χ1n) is 10.5. The van der Waals surface area contributed by atoms with Gasteiger partial charge < -0.3 is 19.9 Å². The molecule has 2 N–H and O–H groups in total. The molecule has 7 heteroatoms. The number of hydrogen-bond donors (Lipinski definition) is 2. The summed E-state index contributed by atoms with van der Waals surface area (Å²) in [6.07, 6.45) is 0.452. The van der Waals surface area contributed by atoms with Gasteiger partial charge in [0, 0.05) is 17.9 Å². The van der Waals surface area contributed by atoms with Crippen molar-refractivity contribution in [1.82, 2.24) is 9.88 Å². The number of rotatable bonds is 3. The summed E-state index contributed by atoms with van der Waals surface area (Å²) in [7, 11) is 1.58. The fourth-order valence-corrected chi connectivity index (χ4v) is 5.08. The average Bonchev–Trinajstić information content (AvgIpc) is 3.33. The number of H-pyrrole nitrogens is 1. The maximum absolute atomic E-state index is 13.6. The highest BCUT2D eigenvalue weighted by Gasteiger charge is 2.59. The Morgan fingerprint density at radius 2 is 1.91 bits per heavy atom. The highest BCUT2D eigenvalue weighted by Crippen LogP contribution is 2.55. The van der Waals surface area contributed by atoms with Crippen molar-refractivity contribution in [2.45, 2.75) is 24.8 Å². The maximum Gasteiger partial charge on any atom is 0.260 e. The molecule has 1 saturated heterocycles. The van der Waals surface area contributed by atoms with Crippen LogP contribution >= 0.6 is 0 Å². The minimum Gasteiger partial charge on any atom is -0.497 e. The molecule has 2 amide bonds. The van der Waals surface area contributed by atoms with E-state index in [-0.39, 0.29) is 11.5 Å². The van der Waals surface area contributed by atoms with Crippen LogP contribution in [0.1, 0.15) is 39.6 Å². The number of anilines is 1. The molecule has 2 aliphatic rings. The molecule has 0 aliphatic carbocycles. The number of likely N-dealkylation sites (tertiary alicyclic amines) is 1. The standard InChI is InChI=1S/C25H23N3O4/c1-15-10-11-18(22(29)26-15)23(30)28-13-12-25(19-8-3-4-9-20(19)27-24(25)31)21(28)16-6-5-7-17(14-16)32-2/h3-11,14,21H,12-13H2,1-2H3,(H,26,29)(H,27,31)/t21-,25+/m0/s1. The second-order valence-electron chi connectivity index (χ2n) is 8.28. The van der Waals surface area contributed by atoms with Crippen molar-refractivity contribution in [2.75, 3.05) is 19.0 Å². The van der Waals surface area contributed by atoms with Gasteiger partial charge in [0.25, 0.3) is 11.5 Å². The predicted octanol–water partition coefficient (Wildman–Crippen LogP) is 3.17. The largest absolute Gasteiger partial charge is 0.497 e. The lowest BCUT2D eigenvalue weighted by atomic mass is 9.72. The zero-order valence-corrected chi connectivity index (χ0v) is 17.8. The number of para-hydroxylation sites is 1. The van der Waals surface area contributed by atoms with E-state index in [1.165, 1.54) is 0 Å². The summed E-state index contributed by atoms with van der Waals surface area (Å²) < 4.78 is 5.42. The third-order valence-electron chi connectivity index (χ3n) is 6.54. The Hall–Kier alpha value is -3.87. The molecule has 2 aliphatic heterocycles. The van der Waals surface area contributed by atoms with E-state index in [0.717, 1.165) is 16.8 Å². The Morgan fingerprint density at radius 1 is 1.09 bits per heavy atom. The van der Waals surface area contributed by atoms with Crippen molar-refractivity contribution in [3.63, 3.8) is 0 Å². The lowest BCUT2D eigenvalue weighted by Gasteiger charge is -2.34. The van der Waals surface area contributed by atoms with Crippen LogP contribution in [0.25, 0.3) is 0 Å². The van der Waals surface area contributed by atoms with Gasteiger partial charge in [-0.15, -0.1) is 0 Å². The fraction of sp³-hybridized carbons (Fsp3) is 0.240. The molecule has 0 bridgehead atoms. The van der Waals surface area contributed by atoms with Gasteiger partial charge in [-0.25, -0.2) is 0 Å². The Morgan fingerprint density at radius 3 is 2.69 bits per heavy atom. The van der Waals surface area contributed by atoms with Gasteiger partial charge in [0.2, 0.25) is 5.91 Å². The van der Waals surface area contributed by atoms with E-state index in [0.29, 0.717) is 24.4 Å². The van der Waals surface area contributed by atoms with Crippen molar-refractivity contribution in [3.05, 3.63) is 93.4 Å². The molecular formula is C25H23N3O4. The van der Waals surface area contributed by atoms with E-state index < -0.39 is 22.9 Å². The first-order chi connectivity index (χ1) is 15.5.